The Hall–Kier alpha value is -4.11. The molecule has 198 valence electrons. The largest absolute Gasteiger partial charge is 0.485 e. The van der Waals surface area contributed by atoms with Crippen LogP contribution in [0.4, 0.5) is 5.69 Å². The molecule has 0 N–H and O–H groups in total. The van der Waals surface area contributed by atoms with Gasteiger partial charge in [-0.2, -0.15) is 0 Å². The maximum absolute atomic E-state index is 12.9. The van der Waals surface area contributed by atoms with Crippen LogP contribution >= 0.6 is 0 Å². The smallest absolute Gasteiger partial charge is 0.289 e. The molecule has 9 nitrogen and oxygen atoms in total. The number of aryl methyl sites for hydroxylation is 1. The fourth-order valence-corrected chi connectivity index (χ4v) is 4.65. The average molecular weight is 518 g/mol. The van der Waals surface area contributed by atoms with Gasteiger partial charge in [0.05, 0.1) is 12.2 Å². The molecular weight excluding hydrogens is 486 g/mol. The van der Waals surface area contributed by atoms with Gasteiger partial charge >= 0.3 is 0 Å². The molecule has 2 aliphatic heterocycles. The highest BCUT2D eigenvalue weighted by molar-refractivity contribution is 6.02. The van der Waals surface area contributed by atoms with Gasteiger partial charge in [-0.3, -0.25) is 19.3 Å². The van der Waals surface area contributed by atoms with E-state index in [-0.39, 0.29) is 43.1 Å². The van der Waals surface area contributed by atoms with Gasteiger partial charge in [0.25, 0.3) is 11.8 Å². The van der Waals surface area contributed by atoms with Gasteiger partial charge in [-0.25, -0.2) is 0 Å². The number of furan rings is 1. The second kappa shape index (κ2) is 11.1. The third kappa shape index (κ3) is 5.43. The summed E-state index contributed by atoms with van der Waals surface area (Å²) in [4.78, 5) is 44.2. The predicted octanol–water partition coefficient (Wildman–Crippen LogP) is 3.55. The number of Topliss-reactive ketones (excluding diaryl/α,β-unsaturated/α-hetero) is 1. The van der Waals surface area contributed by atoms with Crippen LogP contribution in [0.15, 0.2) is 59.0 Å². The Balaban J connectivity index is 1.28. The summed E-state index contributed by atoms with van der Waals surface area (Å²) in [7, 11) is 0. The van der Waals surface area contributed by atoms with Crippen LogP contribution in [0.5, 0.6) is 11.5 Å². The molecule has 3 heterocycles. The number of fused-ring (bicyclic) bond motifs is 1. The number of para-hydroxylation sites is 1. The van der Waals surface area contributed by atoms with Crippen LogP contribution in [0.1, 0.15) is 39.2 Å². The Morgan fingerprint density at radius 2 is 1.79 bits per heavy atom. The van der Waals surface area contributed by atoms with Crippen LogP contribution in [0.3, 0.4) is 0 Å². The van der Waals surface area contributed by atoms with E-state index in [2.05, 4.69) is 11.8 Å². The number of likely N-dealkylation sites (N-methyl/N-ethyl adjacent to an activating group) is 1. The normalized spacial score (nSPS) is 15.7. The molecule has 1 aromatic heterocycles. The minimum absolute atomic E-state index is 0.115. The highest BCUT2D eigenvalue weighted by Crippen LogP contribution is 2.34. The summed E-state index contributed by atoms with van der Waals surface area (Å²) in [5, 5.41) is 0. The topological polar surface area (TPSA) is 92.5 Å². The predicted molar refractivity (Wildman–Crippen MR) is 141 cm³/mol. The van der Waals surface area contributed by atoms with E-state index in [1.54, 1.807) is 35.2 Å². The van der Waals surface area contributed by atoms with Crippen molar-refractivity contribution in [2.24, 2.45) is 0 Å². The fraction of sp³-hybridized carbons (Fsp3) is 0.345. The number of hydrogen-bond donors (Lipinski definition) is 0. The average Bonchev–Trinajstić information content (AvgIpc) is 3.42. The Morgan fingerprint density at radius 3 is 2.55 bits per heavy atom. The highest BCUT2D eigenvalue weighted by atomic mass is 16.5. The van der Waals surface area contributed by atoms with Crippen LogP contribution < -0.4 is 14.4 Å². The van der Waals surface area contributed by atoms with Crippen molar-refractivity contribution in [3.63, 3.8) is 0 Å². The maximum Gasteiger partial charge on any atom is 0.289 e. The van der Waals surface area contributed by atoms with Gasteiger partial charge < -0.3 is 23.7 Å². The minimum atomic E-state index is -0.266. The molecule has 0 radical (unpaired) electrons. The first-order valence-electron chi connectivity index (χ1n) is 12.8. The third-order valence-corrected chi connectivity index (χ3v) is 6.97. The Morgan fingerprint density at radius 1 is 1.00 bits per heavy atom. The van der Waals surface area contributed by atoms with Gasteiger partial charge in [0.1, 0.15) is 17.3 Å². The summed E-state index contributed by atoms with van der Waals surface area (Å²) in [6.45, 7) is 7.85. The molecule has 0 saturated carbocycles. The SMILES string of the molecule is CCN1CCN(C(=O)c2ccc(CN3C(=O)COc4ccc(C(=O)COc5ccccc5C)cc43)o2)CC1. The van der Waals surface area contributed by atoms with Crippen molar-refractivity contribution < 1.29 is 28.3 Å². The van der Waals surface area contributed by atoms with E-state index in [0.29, 0.717) is 41.6 Å². The number of anilines is 1. The number of carbonyl (C=O) groups is 3. The molecule has 1 fully saturated rings. The first-order chi connectivity index (χ1) is 18.4. The number of amides is 2. The summed E-state index contributed by atoms with van der Waals surface area (Å²) >= 11 is 0. The monoisotopic (exact) mass is 517 g/mol. The minimum Gasteiger partial charge on any atom is -0.485 e. The molecule has 0 bridgehead atoms. The number of nitrogens with zero attached hydrogens (tertiary/aromatic N) is 3. The van der Waals surface area contributed by atoms with E-state index >= 15 is 0 Å². The Kier molecular flexibility index (Phi) is 7.46. The van der Waals surface area contributed by atoms with Crippen molar-refractivity contribution in [2.45, 2.75) is 20.4 Å². The summed E-state index contributed by atoms with van der Waals surface area (Å²) in [6, 6.07) is 15.8. The Labute approximate surface area is 221 Å². The lowest BCUT2D eigenvalue weighted by atomic mass is 10.1. The second-order valence-corrected chi connectivity index (χ2v) is 9.42. The zero-order valence-electron chi connectivity index (χ0n) is 21.6. The van der Waals surface area contributed by atoms with Crippen LogP contribution in [0, 0.1) is 6.92 Å². The molecular formula is C29H31N3O6. The molecule has 0 atom stereocenters. The molecule has 0 spiro atoms. The van der Waals surface area contributed by atoms with Gasteiger partial charge in [-0.15, -0.1) is 0 Å². The number of piperazine rings is 1. The van der Waals surface area contributed by atoms with Gasteiger partial charge in [0.2, 0.25) is 0 Å². The number of carbonyl (C=O) groups excluding carboxylic acids is 3. The van der Waals surface area contributed by atoms with E-state index in [9.17, 15) is 14.4 Å². The van der Waals surface area contributed by atoms with Crippen molar-refractivity contribution in [1.29, 1.82) is 0 Å². The van der Waals surface area contributed by atoms with Gasteiger partial charge in [-0.05, 0) is 55.4 Å². The first kappa shape index (κ1) is 25.5. The molecule has 9 heteroatoms. The lowest BCUT2D eigenvalue weighted by Gasteiger charge is -2.33. The molecule has 0 aliphatic carbocycles. The number of benzene rings is 2. The van der Waals surface area contributed by atoms with Crippen LogP contribution in [0.25, 0.3) is 0 Å². The molecule has 1 saturated heterocycles. The van der Waals surface area contributed by atoms with E-state index in [1.807, 2.05) is 31.2 Å². The molecule has 2 aliphatic rings. The number of rotatable bonds is 8. The lowest BCUT2D eigenvalue weighted by Crippen LogP contribution is -2.48. The molecule has 5 rings (SSSR count). The van der Waals surface area contributed by atoms with Crippen molar-refractivity contribution in [2.75, 3.05) is 50.8 Å². The van der Waals surface area contributed by atoms with Crippen LogP contribution in [-0.4, -0.2) is 73.3 Å². The molecule has 0 unspecified atom stereocenters. The van der Waals surface area contributed by atoms with E-state index in [1.165, 1.54) is 4.90 Å². The van der Waals surface area contributed by atoms with E-state index in [0.717, 1.165) is 25.2 Å². The summed E-state index contributed by atoms with van der Waals surface area (Å²) in [6.07, 6.45) is 0. The highest BCUT2D eigenvalue weighted by Gasteiger charge is 2.29. The molecule has 2 aromatic carbocycles. The van der Waals surface area contributed by atoms with Crippen LogP contribution in [0.2, 0.25) is 0 Å². The second-order valence-electron chi connectivity index (χ2n) is 9.42. The number of hydrogen-bond acceptors (Lipinski definition) is 7. The summed E-state index contributed by atoms with van der Waals surface area (Å²) in [5.74, 6) is 1.24. The number of ketones is 1. The van der Waals surface area contributed by atoms with Crippen LogP contribution in [-0.2, 0) is 11.3 Å². The standard InChI is InChI=1S/C29H31N3O6/c1-3-30-12-14-31(15-13-30)29(35)27-11-9-22(38-27)17-32-23-16-21(8-10-26(23)37-19-28(32)34)24(33)18-36-25-7-5-4-6-20(25)2/h4-11,16H,3,12-15,17-19H2,1-2H3. The maximum atomic E-state index is 12.9. The van der Waals surface area contributed by atoms with Gasteiger partial charge in [0, 0.05) is 31.7 Å². The number of ether oxygens (including phenoxy) is 2. The van der Waals surface area contributed by atoms with Crippen molar-refractivity contribution in [3.05, 3.63) is 77.2 Å². The lowest BCUT2D eigenvalue weighted by molar-refractivity contribution is -0.121. The zero-order chi connectivity index (χ0) is 26.6. The molecule has 38 heavy (non-hydrogen) atoms. The van der Waals surface area contributed by atoms with Crippen molar-refractivity contribution in [1.82, 2.24) is 9.80 Å². The first-order valence-corrected chi connectivity index (χ1v) is 12.8. The molecule has 2 amide bonds. The fourth-order valence-electron chi connectivity index (χ4n) is 4.65. The summed E-state index contributed by atoms with van der Waals surface area (Å²) < 4.78 is 17.2. The van der Waals surface area contributed by atoms with E-state index < -0.39 is 0 Å². The summed E-state index contributed by atoms with van der Waals surface area (Å²) in [5.41, 5.74) is 1.82. The van der Waals surface area contributed by atoms with Gasteiger partial charge in [0.15, 0.2) is 24.8 Å². The van der Waals surface area contributed by atoms with Crippen molar-refractivity contribution in [3.8, 4) is 11.5 Å². The van der Waals surface area contributed by atoms with Gasteiger partial charge in [-0.1, -0.05) is 25.1 Å². The Bertz CT molecular complexity index is 1340. The molecule has 3 aromatic rings. The van der Waals surface area contributed by atoms with E-state index in [4.69, 9.17) is 13.9 Å². The quantitative estimate of drug-likeness (QED) is 0.422. The van der Waals surface area contributed by atoms with Crippen molar-refractivity contribution >= 4 is 23.3 Å². The zero-order valence-corrected chi connectivity index (χ0v) is 21.6. The third-order valence-electron chi connectivity index (χ3n) is 6.97.